The quantitative estimate of drug-likeness (QED) is 0.285. The number of anilines is 2. The van der Waals surface area contributed by atoms with Gasteiger partial charge in [-0.1, -0.05) is 52.9 Å². The van der Waals surface area contributed by atoms with E-state index < -0.39 is 11.7 Å². The van der Waals surface area contributed by atoms with E-state index in [0.717, 1.165) is 0 Å². The maximum Gasteiger partial charge on any atom is 0.420 e. The first-order valence-corrected chi connectivity index (χ1v) is 11.6. The van der Waals surface area contributed by atoms with Gasteiger partial charge >= 0.3 is 5.76 Å². The molecule has 4 rings (SSSR count). The number of carbonyl (C=O) groups excluding carboxylic acids is 2. The van der Waals surface area contributed by atoms with Gasteiger partial charge in [-0.2, -0.15) is 0 Å². The normalized spacial score (nSPS) is 10.9. The molecule has 0 aliphatic carbocycles. The lowest BCUT2D eigenvalue weighted by Crippen LogP contribution is -2.24. The van der Waals surface area contributed by atoms with Crippen molar-refractivity contribution < 1.29 is 14.0 Å². The molecule has 0 bridgehead atoms. The highest BCUT2D eigenvalue weighted by molar-refractivity contribution is 8.01. The number of fused-ring (bicyclic) bond motifs is 1. The second kappa shape index (κ2) is 9.98. The molecule has 2 aromatic carbocycles. The fraction of sp³-hybridized carbons (Fsp3) is 0.150. The number of carbonyl (C=O) groups is 2. The van der Waals surface area contributed by atoms with Gasteiger partial charge in [0.2, 0.25) is 16.9 Å². The first kappa shape index (κ1) is 22.1. The predicted octanol–water partition coefficient (Wildman–Crippen LogP) is 3.86. The molecule has 9 nitrogen and oxygen atoms in total. The zero-order chi connectivity index (χ0) is 22.5. The van der Waals surface area contributed by atoms with E-state index in [4.69, 9.17) is 16.0 Å². The van der Waals surface area contributed by atoms with Crippen LogP contribution in [0.25, 0.3) is 11.1 Å². The molecular weight excluding hydrogens is 474 g/mol. The average Bonchev–Trinajstić information content (AvgIpc) is 3.32. The SMILES string of the molecule is O=C(CCSc1nnc(NC(=O)Cn2c(=O)oc3ccccc32)s1)Nc1cccc(Cl)c1. The maximum atomic E-state index is 12.3. The van der Waals surface area contributed by atoms with Gasteiger partial charge in [-0.3, -0.25) is 19.5 Å². The van der Waals surface area contributed by atoms with Crippen molar-refractivity contribution in [3.8, 4) is 0 Å². The summed E-state index contributed by atoms with van der Waals surface area (Å²) in [5.74, 6) is -0.681. The molecule has 2 N–H and O–H groups in total. The van der Waals surface area contributed by atoms with Crippen molar-refractivity contribution in [3.63, 3.8) is 0 Å². The number of thioether (sulfide) groups is 1. The van der Waals surface area contributed by atoms with Crippen molar-refractivity contribution >= 4 is 68.4 Å². The zero-order valence-corrected chi connectivity index (χ0v) is 18.8. The van der Waals surface area contributed by atoms with E-state index in [0.29, 0.717) is 37.0 Å². The Kier molecular flexibility index (Phi) is 6.88. The Morgan fingerprint density at radius 2 is 1.94 bits per heavy atom. The van der Waals surface area contributed by atoms with Crippen LogP contribution in [-0.4, -0.2) is 32.3 Å². The molecule has 0 saturated carbocycles. The Bertz CT molecular complexity index is 1330. The van der Waals surface area contributed by atoms with Gasteiger partial charge < -0.3 is 9.73 Å². The molecule has 2 heterocycles. The molecule has 0 atom stereocenters. The number of benzene rings is 2. The third kappa shape index (κ3) is 5.55. The number of hydrogen-bond acceptors (Lipinski definition) is 8. The third-order valence-electron chi connectivity index (χ3n) is 4.19. The summed E-state index contributed by atoms with van der Waals surface area (Å²) in [7, 11) is 0. The molecule has 12 heteroatoms. The van der Waals surface area contributed by atoms with Crippen molar-refractivity contribution in [2.75, 3.05) is 16.4 Å². The summed E-state index contributed by atoms with van der Waals surface area (Å²) in [5, 5.41) is 14.2. The molecular formula is C20H16ClN5O4S2. The molecule has 0 radical (unpaired) electrons. The van der Waals surface area contributed by atoms with E-state index in [-0.39, 0.29) is 18.9 Å². The Labute approximate surface area is 194 Å². The second-order valence-corrected chi connectivity index (χ2v) is 9.26. The maximum absolute atomic E-state index is 12.3. The van der Waals surface area contributed by atoms with E-state index in [1.165, 1.54) is 27.7 Å². The van der Waals surface area contributed by atoms with E-state index in [1.54, 1.807) is 48.5 Å². The lowest BCUT2D eigenvalue weighted by atomic mass is 10.3. The minimum atomic E-state index is -0.606. The summed E-state index contributed by atoms with van der Waals surface area (Å²) in [6.07, 6.45) is 0.273. The summed E-state index contributed by atoms with van der Waals surface area (Å²) in [6.45, 7) is -0.207. The standard InChI is InChI=1S/C20H16ClN5O4S2/c21-12-4-3-5-13(10-12)22-16(27)8-9-31-19-25-24-18(32-19)23-17(28)11-26-14-6-1-2-7-15(14)30-20(26)29/h1-7,10H,8-9,11H2,(H,22,27)(H,23,24,28). The van der Waals surface area contributed by atoms with E-state index in [2.05, 4.69) is 20.8 Å². The average molecular weight is 490 g/mol. The van der Waals surface area contributed by atoms with Gasteiger partial charge in [-0.05, 0) is 30.3 Å². The van der Waals surface area contributed by atoms with Crippen LogP contribution in [0.15, 0.2) is 62.1 Å². The minimum Gasteiger partial charge on any atom is -0.408 e. The first-order chi connectivity index (χ1) is 15.5. The first-order valence-electron chi connectivity index (χ1n) is 9.38. The topological polar surface area (TPSA) is 119 Å². The molecule has 2 amide bonds. The predicted molar refractivity (Wildman–Crippen MR) is 124 cm³/mol. The number of para-hydroxylation sites is 2. The van der Waals surface area contributed by atoms with E-state index in [1.807, 2.05) is 0 Å². The van der Waals surface area contributed by atoms with Crippen LogP contribution in [0.2, 0.25) is 5.02 Å². The monoisotopic (exact) mass is 489 g/mol. The van der Waals surface area contributed by atoms with Gasteiger partial charge in [-0.15, -0.1) is 10.2 Å². The molecule has 4 aromatic rings. The van der Waals surface area contributed by atoms with Gasteiger partial charge in [0, 0.05) is 22.9 Å². The van der Waals surface area contributed by atoms with Gasteiger partial charge in [0.1, 0.15) is 6.54 Å². The van der Waals surface area contributed by atoms with Crippen molar-refractivity contribution in [1.29, 1.82) is 0 Å². The van der Waals surface area contributed by atoms with Crippen LogP contribution in [0.5, 0.6) is 0 Å². The van der Waals surface area contributed by atoms with Crippen molar-refractivity contribution in [3.05, 3.63) is 64.1 Å². The third-order valence-corrected chi connectivity index (χ3v) is 6.40. The lowest BCUT2D eigenvalue weighted by molar-refractivity contribution is -0.117. The summed E-state index contributed by atoms with van der Waals surface area (Å²) < 4.78 is 6.98. The van der Waals surface area contributed by atoms with Crippen LogP contribution in [0.3, 0.4) is 0 Å². The highest BCUT2D eigenvalue weighted by atomic mass is 35.5. The Hall–Kier alpha value is -3.15. The highest BCUT2D eigenvalue weighted by Gasteiger charge is 2.14. The molecule has 0 unspecified atom stereocenters. The number of oxazole rings is 1. The number of nitrogens with one attached hydrogen (secondary N) is 2. The lowest BCUT2D eigenvalue weighted by Gasteiger charge is -2.04. The van der Waals surface area contributed by atoms with Crippen LogP contribution in [-0.2, 0) is 16.1 Å². The number of aromatic nitrogens is 3. The molecule has 0 saturated heterocycles. The largest absolute Gasteiger partial charge is 0.420 e. The fourth-order valence-electron chi connectivity index (χ4n) is 2.81. The van der Waals surface area contributed by atoms with Crippen LogP contribution in [0, 0.1) is 0 Å². The van der Waals surface area contributed by atoms with Gasteiger partial charge in [-0.25, -0.2) is 4.79 Å². The van der Waals surface area contributed by atoms with Crippen LogP contribution >= 0.6 is 34.7 Å². The molecule has 2 aromatic heterocycles. The fourth-order valence-corrected chi connectivity index (χ4v) is 4.77. The van der Waals surface area contributed by atoms with Crippen molar-refractivity contribution in [2.45, 2.75) is 17.3 Å². The molecule has 0 spiro atoms. The molecule has 32 heavy (non-hydrogen) atoms. The van der Waals surface area contributed by atoms with E-state index in [9.17, 15) is 14.4 Å². The molecule has 164 valence electrons. The smallest absolute Gasteiger partial charge is 0.408 e. The zero-order valence-electron chi connectivity index (χ0n) is 16.4. The number of nitrogens with zero attached hydrogens (tertiary/aromatic N) is 3. The van der Waals surface area contributed by atoms with Crippen molar-refractivity contribution in [2.24, 2.45) is 0 Å². The van der Waals surface area contributed by atoms with E-state index >= 15 is 0 Å². The number of hydrogen-bond donors (Lipinski definition) is 2. The summed E-state index contributed by atoms with van der Waals surface area (Å²) in [5.41, 5.74) is 1.59. The van der Waals surface area contributed by atoms with Gasteiger partial charge in [0.05, 0.1) is 5.52 Å². The summed E-state index contributed by atoms with van der Waals surface area (Å²) in [4.78, 5) is 36.4. The Morgan fingerprint density at radius 3 is 2.78 bits per heavy atom. The molecule has 0 fully saturated rings. The number of halogens is 1. The number of amides is 2. The minimum absolute atomic E-state index is 0.143. The van der Waals surface area contributed by atoms with Crippen molar-refractivity contribution in [1.82, 2.24) is 14.8 Å². The molecule has 0 aliphatic rings. The Morgan fingerprint density at radius 1 is 1.09 bits per heavy atom. The Balaban J connectivity index is 1.26. The van der Waals surface area contributed by atoms with Crippen LogP contribution in [0.4, 0.5) is 10.8 Å². The highest BCUT2D eigenvalue weighted by Crippen LogP contribution is 2.26. The number of rotatable bonds is 8. The van der Waals surface area contributed by atoms with Gasteiger partial charge in [0.25, 0.3) is 0 Å². The second-order valence-electron chi connectivity index (χ2n) is 6.50. The van der Waals surface area contributed by atoms with Gasteiger partial charge in [0.15, 0.2) is 9.92 Å². The molecule has 0 aliphatic heterocycles. The van der Waals surface area contributed by atoms with Crippen LogP contribution < -0.4 is 16.4 Å². The van der Waals surface area contributed by atoms with Crippen LogP contribution in [0.1, 0.15) is 6.42 Å². The summed E-state index contributed by atoms with van der Waals surface area (Å²) >= 11 is 8.45. The summed E-state index contributed by atoms with van der Waals surface area (Å²) in [6, 6.07) is 13.8.